The third-order valence-electron chi connectivity index (χ3n) is 4.61. The molecule has 1 amide bonds. The van der Waals surface area contributed by atoms with Crippen molar-refractivity contribution in [2.24, 2.45) is 0 Å². The van der Waals surface area contributed by atoms with E-state index < -0.39 is 0 Å². The Balaban J connectivity index is 1.60. The fourth-order valence-corrected chi connectivity index (χ4v) is 3.11. The molecule has 0 spiro atoms. The zero-order chi connectivity index (χ0) is 19.2. The van der Waals surface area contributed by atoms with Crippen LogP contribution in [0, 0.1) is 5.82 Å². The molecule has 1 saturated heterocycles. The molecule has 0 atom stereocenters. The second kappa shape index (κ2) is 8.58. The van der Waals surface area contributed by atoms with Gasteiger partial charge in [-0.05, 0) is 35.9 Å². The summed E-state index contributed by atoms with van der Waals surface area (Å²) in [5.74, 6) is 0.972. The van der Waals surface area contributed by atoms with Crippen molar-refractivity contribution in [3.63, 3.8) is 0 Å². The van der Waals surface area contributed by atoms with Crippen LogP contribution in [0.3, 0.4) is 0 Å². The number of para-hydroxylation sites is 1. The summed E-state index contributed by atoms with van der Waals surface area (Å²) in [5.41, 5.74) is 1.44. The molecule has 5 nitrogen and oxygen atoms in total. The van der Waals surface area contributed by atoms with Gasteiger partial charge in [-0.1, -0.05) is 18.2 Å². The Morgan fingerprint density at radius 2 is 1.70 bits per heavy atom. The Bertz CT molecular complexity index is 830. The fourth-order valence-electron chi connectivity index (χ4n) is 3.11. The maximum absolute atomic E-state index is 13.9. The number of piperazine rings is 1. The van der Waals surface area contributed by atoms with Crippen LogP contribution in [0.1, 0.15) is 5.56 Å². The Hall–Kier alpha value is -3.02. The highest BCUT2D eigenvalue weighted by molar-refractivity contribution is 5.92. The van der Waals surface area contributed by atoms with Crippen LogP contribution in [0.2, 0.25) is 0 Å². The number of hydrogen-bond donors (Lipinski definition) is 0. The molecule has 1 heterocycles. The Morgan fingerprint density at radius 3 is 2.37 bits per heavy atom. The van der Waals surface area contributed by atoms with Gasteiger partial charge in [0.1, 0.15) is 5.82 Å². The molecule has 1 fully saturated rings. The molecule has 142 valence electrons. The van der Waals surface area contributed by atoms with E-state index in [9.17, 15) is 9.18 Å². The predicted molar refractivity (Wildman–Crippen MR) is 104 cm³/mol. The first-order chi connectivity index (χ1) is 13.1. The number of hydrogen-bond acceptors (Lipinski definition) is 4. The molecule has 0 aromatic heterocycles. The molecule has 3 rings (SSSR count). The molecule has 0 unspecified atom stereocenters. The van der Waals surface area contributed by atoms with Crippen molar-refractivity contribution in [2.75, 3.05) is 45.3 Å². The number of amides is 1. The fraction of sp³-hybridized carbons (Fsp3) is 0.286. The van der Waals surface area contributed by atoms with Crippen molar-refractivity contribution < 1.29 is 18.7 Å². The van der Waals surface area contributed by atoms with Gasteiger partial charge in [-0.3, -0.25) is 4.79 Å². The summed E-state index contributed by atoms with van der Waals surface area (Å²) in [6, 6.07) is 12.2. The molecule has 0 N–H and O–H groups in total. The summed E-state index contributed by atoms with van der Waals surface area (Å²) in [4.78, 5) is 16.2. The van der Waals surface area contributed by atoms with E-state index in [2.05, 4.69) is 0 Å². The average Bonchev–Trinajstić information content (AvgIpc) is 2.72. The van der Waals surface area contributed by atoms with Crippen LogP contribution in [0.5, 0.6) is 11.5 Å². The third-order valence-corrected chi connectivity index (χ3v) is 4.61. The van der Waals surface area contributed by atoms with Gasteiger partial charge < -0.3 is 19.3 Å². The number of carbonyl (C=O) groups excluding carboxylic acids is 1. The van der Waals surface area contributed by atoms with E-state index in [0.717, 1.165) is 5.56 Å². The van der Waals surface area contributed by atoms with Crippen molar-refractivity contribution in [1.82, 2.24) is 4.90 Å². The standard InChI is InChI=1S/C21H23FN2O3/c1-26-19-9-7-16(15-20(19)27-2)8-10-21(25)24-13-11-23(12-14-24)18-6-4-3-5-17(18)22/h3-10,15H,11-14H2,1-2H3/b10-8+. The lowest BCUT2D eigenvalue weighted by atomic mass is 10.1. The first kappa shape index (κ1) is 18.8. The Kier molecular flexibility index (Phi) is 5.96. The SMILES string of the molecule is COc1ccc(/C=C/C(=O)N2CCN(c3ccccc3F)CC2)cc1OC. The molecule has 2 aromatic carbocycles. The van der Waals surface area contributed by atoms with E-state index in [-0.39, 0.29) is 11.7 Å². The molecule has 1 aliphatic heterocycles. The number of benzene rings is 2. The van der Waals surface area contributed by atoms with Gasteiger partial charge in [-0.2, -0.15) is 0 Å². The third kappa shape index (κ3) is 4.39. The van der Waals surface area contributed by atoms with Gasteiger partial charge in [0, 0.05) is 32.3 Å². The summed E-state index contributed by atoms with van der Waals surface area (Å²) in [5, 5.41) is 0. The van der Waals surface area contributed by atoms with E-state index >= 15 is 0 Å². The van der Waals surface area contributed by atoms with E-state index in [1.807, 2.05) is 23.1 Å². The number of nitrogens with zero attached hydrogens (tertiary/aromatic N) is 2. The van der Waals surface area contributed by atoms with Crippen LogP contribution in [-0.2, 0) is 4.79 Å². The lowest BCUT2D eigenvalue weighted by Gasteiger charge is -2.35. The second-order valence-electron chi connectivity index (χ2n) is 6.21. The zero-order valence-corrected chi connectivity index (χ0v) is 15.5. The van der Waals surface area contributed by atoms with Crippen LogP contribution in [0.15, 0.2) is 48.5 Å². The smallest absolute Gasteiger partial charge is 0.246 e. The van der Waals surface area contributed by atoms with Gasteiger partial charge in [0.25, 0.3) is 0 Å². The number of ether oxygens (including phenoxy) is 2. The van der Waals surface area contributed by atoms with Crippen LogP contribution < -0.4 is 14.4 Å². The minimum Gasteiger partial charge on any atom is -0.493 e. The number of halogens is 1. The molecule has 2 aromatic rings. The van der Waals surface area contributed by atoms with Crippen LogP contribution >= 0.6 is 0 Å². The lowest BCUT2D eigenvalue weighted by Crippen LogP contribution is -2.48. The molecule has 1 aliphatic rings. The van der Waals surface area contributed by atoms with Crippen LogP contribution in [0.4, 0.5) is 10.1 Å². The zero-order valence-electron chi connectivity index (χ0n) is 15.5. The maximum Gasteiger partial charge on any atom is 0.246 e. The van der Waals surface area contributed by atoms with Crippen molar-refractivity contribution in [3.05, 3.63) is 59.9 Å². The Labute approximate surface area is 158 Å². The van der Waals surface area contributed by atoms with E-state index in [0.29, 0.717) is 43.4 Å². The highest BCUT2D eigenvalue weighted by atomic mass is 19.1. The molecular weight excluding hydrogens is 347 g/mol. The monoisotopic (exact) mass is 370 g/mol. The number of rotatable bonds is 5. The number of anilines is 1. The van der Waals surface area contributed by atoms with Crippen molar-refractivity contribution >= 4 is 17.7 Å². The van der Waals surface area contributed by atoms with Crippen molar-refractivity contribution in [3.8, 4) is 11.5 Å². The molecule has 0 saturated carbocycles. The van der Waals surface area contributed by atoms with Crippen LogP contribution in [-0.4, -0.2) is 51.2 Å². The molecule has 6 heteroatoms. The van der Waals surface area contributed by atoms with E-state index in [1.165, 1.54) is 6.07 Å². The quantitative estimate of drug-likeness (QED) is 0.758. The van der Waals surface area contributed by atoms with E-state index in [1.54, 1.807) is 49.5 Å². The largest absolute Gasteiger partial charge is 0.493 e. The van der Waals surface area contributed by atoms with Gasteiger partial charge in [0.2, 0.25) is 5.91 Å². The molecule has 0 bridgehead atoms. The summed E-state index contributed by atoms with van der Waals surface area (Å²) < 4.78 is 24.4. The molecule has 0 radical (unpaired) electrons. The molecule has 0 aliphatic carbocycles. The average molecular weight is 370 g/mol. The van der Waals surface area contributed by atoms with Gasteiger partial charge in [0.15, 0.2) is 11.5 Å². The molecule has 27 heavy (non-hydrogen) atoms. The summed E-state index contributed by atoms with van der Waals surface area (Å²) in [6.07, 6.45) is 3.31. The Morgan fingerprint density at radius 1 is 1.00 bits per heavy atom. The highest BCUT2D eigenvalue weighted by Gasteiger charge is 2.21. The summed E-state index contributed by atoms with van der Waals surface area (Å²) in [7, 11) is 3.16. The normalized spacial score (nSPS) is 14.5. The second-order valence-corrected chi connectivity index (χ2v) is 6.21. The van der Waals surface area contributed by atoms with Gasteiger partial charge >= 0.3 is 0 Å². The first-order valence-corrected chi connectivity index (χ1v) is 8.81. The van der Waals surface area contributed by atoms with E-state index in [4.69, 9.17) is 9.47 Å². The predicted octanol–water partition coefficient (Wildman–Crippen LogP) is 3.20. The summed E-state index contributed by atoms with van der Waals surface area (Å²) in [6.45, 7) is 2.33. The van der Waals surface area contributed by atoms with Gasteiger partial charge in [-0.25, -0.2) is 4.39 Å². The van der Waals surface area contributed by atoms with Gasteiger partial charge in [-0.15, -0.1) is 0 Å². The minimum absolute atomic E-state index is 0.0574. The van der Waals surface area contributed by atoms with Crippen LogP contribution in [0.25, 0.3) is 6.08 Å². The minimum atomic E-state index is -0.231. The topological polar surface area (TPSA) is 42.0 Å². The van der Waals surface area contributed by atoms with Crippen molar-refractivity contribution in [2.45, 2.75) is 0 Å². The molecular formula is C21H23FN2O3. The summed E-state index contributed by atoms with van der Waals surface area (Å²) >= 11 is 0. The first-order valence-electron chi connectivity index (χ1n) is 8.81. The number of methoxy groups -OCH3 is 2. The lowest BCUT2D eigenvalue weighted by molar-refractivity contribution is -0.126. The highest BCUT2D eigenvalue weighted by Crippen LogP contribution is 2.28. The van der Waals surface area contributed by atoms with Crippen molar-refractivity contribution in [1.29, 1.82) is 0 Å². The number of carbonyl (C=O) groups is 1. The maximum atomic E-state index is 13.9. The van der Waals surface area contributed by atoms with Gasteiger partial charge in [0.05, 0.1) is 19.9 Å².